The summed E-state index contributed by atoms with van der Waals surface area (Å²) in [5, 5.41) is 12.9. The third-order valence-corrected chi connectivity index (χ3v) is 5.82. The Kier molecular flexibility index (Phi) is 5.31. The quantitative estimate of drug-likeness (QED) is 0.861. The maximum absolute atomic E-state index is 13.0. The molecule has 0 aliphatic carbocycles. The van der Waals surface area contributed by atoms with E-state index in [0.717, 1.165) is 42.9 Å². The predicted molar refractivity (Wildman–Crippen MR) is 102 cm³/mol. The molecule has 1 unspecified atom stereocenters. The summed E-state index contributed by atoms with van der Waals surface area (Å²) in [5.41, 5.74) is 0.893. The normalized spacial score (nSPS) is 20.8. The Bertz CT molecular complexity index is 820. The minimum atomic E-state index is 0.0127. The Morgan fingerprint density at radius 1 is 1.22 bits per heavy atom. The number of ether oxygens (including phenoxy) is 1. The Hall–Kier alpha value is -2.13. The topological polar surface area (TPSA) is 93.1 Å². The molecule has 2 aromatic rings. The van der Waals surface area contributed by atoms with Crippen molar-refractivity contribution >= 4 is 28.2 Å². The number of aromatic nitrogens is 4. The molecule has 2 aliphatic heterocycles. The summed E-state index contributed by atoms with van der Waals surface area (Å²) < 4.78 is 5.40. The molecular formula is C18H24N6O2S. The first kappa shape index (κ1) is 18.2. The maximum Gasteiger partial charge on any atom is 0.226 e. The lowest BCUT2D eigenvalue weighted by atomic mass is 9.98. The second-order valence-corrected chi connectivity index (χ2v) is 8.23. The van der Waals surface area contributed by atoms with Crippen LogP contribution >= 0.6 is 11.3 Å². The van der Waals surface area contributed by atoms with Gasteiger partial charge in [-0.2, -0.15) is 0 Å². The molecule has 0 bridgehead atoms. The van der Waals surface area contributed by atoms with Crippen molar-refractivity contribution in [3.8, 4) is 0 Å². The highest BCUT2D eigenvalue weighted by Gasteiger charge is 2.35. The number of hydrogen-bond donors (Lipinski definition) is 1. The van der Waals surface area contributed by atoms with E-state index in [1.165, 1.54) is 11.3 Å². The van der Waals surface area contributed by atoms with Crippen molar-refractivity contribution < 1.29 is 9.53 Å². The Balaban J connectivity index is 1.55. The van der Waals surface area contributed by atoms with Gasteiger partial charge in [0.25, 0.3) is 0 Å². The average molecular weight is 388 g/mol. The Morgan fingerprint density at radius 3 is 2.78 bits per heavy atom. The molecule has 0 aromatic carbocycles. The molecule has 2 aromatic heterocycles. The fraction of sp³-hybridized carbons (Fsp3) is 0.611. The van der Waals surface area contributed by atoms with E-state index >= 15 is 0 Å². The van der Waals surface area contributed by atoms with Gasteiger partial charge in [0.15, 0.2) is 0 Å². The lowest BCUT2D eigenvalue weighted by molar-refractivity contribution is -0.139. The van der Waals surface area contributed by atoms with E-state index in [4.69, 9.17) is 4.74 Å². The summed E-state index contributed by atoms with van der Waals surface area (Å²) in [7, 11) is 0. The smallest absolute Gasteiger partial charge is 0.226 e. The minimum Gasteiger partial charge on any atom is -0.381 e. The largest absolute Gasteiger partial charge is 0.381 e. The van der Waals surface area contributed by atoms with Gasteiger partial charge in [-0.25, -0.2) is 9.97 Å². The van der Waals surface area contributed by atoms with E-state index in [2.05, 4.69) is 25.5 Å². The number of aryl methyl sites for hydroxylation is 2. The zero-order valence-corrected chi connectivity index (χ0v) is 16.5. The van der Waals surface area contributed by atoms with Crippen LogP contribution in [0.3, 0.4) is 0 Å². The molecule has 4 heterocycles. The number of likely N-dealkylation sites (tertiary alicyclic amines) is 1. The molecule has 144 valence electrons. The van der Waals surface area contributed by atoms with Crippen molar-refractivity contribution in [1.82, 2.24) is 25.1 Å². The molecular weight excluding hydrogens is 364 g/mol. The van der Waals surface area contributed by atoms with Crippen LogP contribution in [-0.4, -0.2) is 50.7 Å². The zero-order valence-electron chi connectivity index (χ0n) is 15.6. The summed E-state index contributed by atoms with van der Waals surface area (Å²) in [6.45, 7) is 5.94. The fourth-order valence-electron chi connectivity index (χ4n) is 3.80. The Labute approximate surface area is 162 Å². The second-order valence-electron chi connectivity index (χ2n) is 7.05. The standard InChI is InChI=1S/C18H24N6O2S/c1-11-19-14(10-16(20-11)21-18-23-22-12(2)27-18)15-4-3-7-24(15)17(25)13-5-8-26-9-6-13/h10,13,15H,3-9H2,1-2H3,(H,19,20,21,23). The van der Waals surface area contributed by atoms with Gasteiger partial charge in [0.2, 0.25) is 11.0 Å². The van der Waals surface area contributed by atoms with Crippen LogP contribution in [0, 0.1) is 19.8 Å². The van der Waals surface area contributed by atoms with Gasteiger partial charge in [-0.3, -0.25) is 4.79 Å². The highest BCUT2D eigenvalue weighted by atomic mass is 32.1. The van der Waals surface area contributed by atoms with Crippen molar-refractivity contribution in [1.29, 1.82) is 0 Å². The van der Waals surface area contributed by atoms with Crippen LogP contribution in [-0.2, 0) is 9.53 Å². The van der Waals surface area contributed by atoms with Crippen LogP contribution in [0.25, 0.3) is 0 Å². The fourth-order valence-corrected chi connectivity index (χ4v) is 4.40. The van der Waals surface area contributed by atoms with Crippen LogP contribution in [0.1, 0.15) is 48.3 Å². The molecule has 2 fully saturated rings. The van der Waals surface area contributed by atoms with Crippen molar-refractivity contribution in [2.24, 2.45) is 5.92 Å². The summed E-state index contributed by atoms with van der Waals surface area (Å²) in [6, 6.07) is 1.95. The number of nitrogens with one attached hydrogen (secondary N) is 1. The van der Waals surface area contributed by atoms with E-state index in [-0.39, 0.29) is 17.9 Å². The first-order valence-corrected chi connectivity index (χ1v) is 10.2. The van der Waals surface area contributed by atoms with Gasteiger partial charge in [-0.15, -0.1) is 10.2 Å². The number of carbonyl (C=O) groups excluding carboxylic acids is 1. The number of amides is 1. The molecule has 2 aliphatic rings. The van der Waals surface area contributed by atoms with Crippen molar-refractivity contribution in [3.63, 3.8) is 0 Å². The van der Waals surface area contributed by atoms with E-state index in [0.29, 0.717) is 30.0 Å². The summed E-state index contributed by atoms with van der Waals surface area (Å²) in [5.74, 6) is 1.69. The lowest BCUT2D eigenvalue weighted by Crippen LogP contribution is -2.38. The molecule has 4 rings (SSSR count). The zero-order chi connectivity index (χ0) is 18.8. The molecule has 8 nitrogen and oxygen atoms in total. The molecule has 9 heteroatoms. The Morgan fingerprint density at radius 2 is 2.04 bits per heavy atom. The van der Waals surface area contributed by atoms with Gasteiger partial charge in [0.1, 0.15) is 16.6 Å². The summed E-state index contributed by atoms with van der Waals surface area (Å²) in [6.07, 6.45) is 3.56. The highest BCUT2D eigenvalue weighted by molar-refractivity contribution is 7.15. The molecule has 1 N–H and O–H groups in total. The molecule has 0 spiro atoms. The summed E-state index contributed by atoms with van der Waals surface area (Å²) >= 11 is 1.48. The number of anilines is 2. The molecule has 2 saturated heterocycles. The lowest BCUT2D eigenvalue weighted by Gasteiger charge is -2.30. The van der Waals surface area contributed by atoms with Crippen LogP contribution in [0.4, 0.5) is 10.9 Å². The van der Waals surface area contributed by atoms with Crippen LogP contribution < -0.4 is 5.32 Å². The van der Waals surface area contributed by atoms with E-state index in [1.807, 2.05) is 24.8 Å². The maximum atomic E-state index is 13.0. The van der Waals surface area contributed by atoms with Crippen molar-refractivity contribution in [2.45, 2.75) is 45.6 Å². The van der Waals surface area contributed by atoms with Crippen molar-refractivity contribution in [3.05, 3.63) is 22.6 Å². The van der Waals surface area contributed by atoms with Gasteiger partial charge in [-0.05, 0) is 39.5 Å². The van der Waals surface area contributed by atoms with E-state index in [9.17, 15) is 4.79 Å². The number of hydrogen-bond acceptors (Lipinski definition) is 8. The first-order valence-electron chi connectivity index (χ1n) is 9.41. The molecule has 1 atom stereocenters. The van der Waals surface area contributed by atoms with E-state index in [1.54, 1.807) is 0 Å². The molecule has 0 saturated carbocycles. The third-order valence-electron chi connectivity index (χ3n) is 5.07. The van der Waals surface area contributed by atoms with Gasteiger partial charge >= 0.3 is 0 Å². The number of rotatable bonds is 4. The van der Waals surface area contributed by atoms with Crippen molar-refractivity contribution in [2.75, 3.05) is 25.1 Å². The molecule has 0 radical (unpaired) electrons. The minimum absolute atomic E-state index is 0.0127. The summed E-state index contributed by atoms with van der Waals surface area (Å²) in [4.78, 5) is 24.2. The first-order chi connectivity index (χ1) is 13.1. The monoisotopic (exact) mass is 388 g/mol. The molecule has 1 amide bonds. The van der Waals surface area contributed by atoms with Gasteiger partial charge < -0.3 is 15.0 Å². The number of carbonyl (C=O) groups is 1. The molecule has 27 heavy (non-hydrogen) atoms. The number of nitrogens with zero attached hydrogens (tertiary/aromatic N) is 5. The van der Waals surface area contributed by atoms with Crippen LogP contribution in [0.2, 0.25) is 0 Å². The van der Waals surface area contributed by atoms with Gasteiger partial charge in [0, 0.05) is 31.7 Å². The average Bonchev–Trinajstić information content (AvgIpc) is 3.30. The third kappa shape index (κ3) is 4.08. The van der Waals surface area contributed by atoms with Crippen LogP contribution in [0.5, 0.6) is 0 Å². The van der Waals surface area contributed by atoms with E-state index < -0.39 is 0 Å². The second kappa shape index (κ2) is 7.85. The van der Waals surface area contributed by atoms with Gasteiger partial charge in [-0.1, -0.05) is 11.3 Å². The predicted octanol–water partition coefficient (Wildman–Crippen LogP) is 2.78. The highest BCUT2D eigenvalue weighted by Crippen LogP contribution is 2.34. The van der Waals surface area contributed by atoms with Crippen LogP contribution in [0.15, 0.2) is 6.07 Å². The SMILES string of the molecule is Cc1nc(Nc2nnc(C)s2)cc(C2CCCN2C(=O)C2CCOCC2)n1. The van der Waals surface area contributed by atoms with Gasteiger partial charge in [0.05, 0.1) is 11.7 Å².